The van der Waals surface area contributed by atoms with Crippen LogP contribution in [0.1, 0.15) is 25.1 Å². The maximum Gasteiger partial charge on any atom is 0.383 e. The van der Waals surface area contributed by atoms with Crippen LogP contribution in [-0.4, -0.2) is 29.7 Å². The lowest BCUT2D eigenvalue weighted by molar-refractivity contribution is -0.174. The molecule has 1 heterocycles. The summed E-state index contributed by atoms with van der Waals surface area (Å²) in [6.07, 6.45) is -0.348. The molecule has 0 aliphatic heterocycles. The third-order valence-electron chi connectivity index (χ3n) is 3.67. The van der Waals surface area contributed by atoms with Crippen LogP contribution in [0, 0.1) is 0 Å². The van der Waals surface area contributed by atoms with E-state index in [4.69, 9.17) is 4.74 Å². The van der Waals surface area contributed by atoms with E-state index in [0.29, 0.717) is 10.9 Å². The third-order valence-corrected chi connectivity index (χ3v) is 3.67. The maximum atomic E-state index is 14.7. The van der Waals surface area contributed by atoms with E-state index in [-0.39, 0.29) is 25.2 Å². The Morgan fingerprint density at radius 1 is 1.12 bits per heavy atom. The summed E-state index contributed by atoms with van der Waals surface area (Å²) in [6, 6.07) is 6.66. The number of ether oxygens (including phenoxy) is 2. The van der Waals surface area contributed by atoms with E-state index in [9.17, 15) is 18.4 Å². The molecule has 5 nitrogen and oxygen atoms in total. The van der Waals surface area contributed by atoms with Crippen molar-refractivity contribution in [3.8, 4) is 0 Å². The minimum absolute atomic E-state index is 0.0737. The monoisotopic (exact) mass is 339 g/mol. The normalized spacial score (nSPS) is 11.5. The number of carbonyl (C=O) groups is 2. The molecule has 0 fully saturated rings. The standard InChI is InChI=1S/C17H19F2NO4/c1-4-23-14(21)10-12-11-8-6-7-9-13(11)20(3)15(12)17(18,19)16(22)24-5-2/h6-9H,4-5,10H2,1-3H3. The van der Waals surface area contributed by atoms with Crippen molar-refractivity contribution in [2.75, 3.05) is 13.2 Å². The van der Waals surface area contributed by atoms with Gasteiger partial charge in [0.25, 0.3) is 0 Å². The maximum absolute atomic E-state index is 14.7. The molecular weight excluding hydrogens is 320 g/mol. The van der Waals surface area contributed by atoms with E-state index in [0.717, 1.165) is 0 Å². The minimum Gasteiger partial charge on any atom is -0.466 e. The van der Waals surface area contributed by atoms with Crippen molar-refractivity contribution in [3.63, 3.8) is 0 Å². The van der Waals surface area contributed by atoms with E-state index in [1.54, 1.807) is 31.2 Å². The van der Waals surface area contributed by atoms with Gasteiger partial charge in [0, 0.05) is 18.0 Å². The lowest BCUT2D eigenvalue weighted by atomic mass is 10.0. The van der Waals surface area contributed by atoms with Crippen LogP contribution >= 0.6 is 0 Å². The molecule has 0 N–H and O–H groups in total. The van der Waals surface area contributed by atoms with Crippen molar-refractivity contribution in [1.82, 2.24) is 4.57 Å². The Morgan fingerprint density at radius 3 is 2.38 bits per heavy atom. The Labute approximate surface area is 138 Å². The fraction of sp³-hybridized carbons (Fsp3) is 0.412. The summed E-state index contributed by atoms with van der Waals surface area (Å²) in [6.45, 7) is 3.07. The van der Waals surface area contributed by atoms with Gasteiger partial charge in [-0.05, 0) is 25.5 Å². The van der Waals surface area contributed by atoms with Crippen LogP contribution in [-0.2, 0) is 38.5 Å². The van der Waals surface area contributed by atoms with E-state index < -0.39 is 23.6 Å². The molecule has 0 amide bonds. The first-order valence-electron chi connectivity index (χ1n) is 7.61. The van der Waals surface area contributed by atoms with Gasteiger partial charge in [-0.1, -0.05) is 18.2 Å². The first kappa shape index (κ1) is 17.9. The van der Waals surface area contributed by atoms with Gasteiger partial charge in [-0.3, -0.25) is 4.79 Å². The number of carbonyl (C=O) groups excluding carboxylic acids is 2. The molecule has 130 valence electrons. The first-order valence-corrected chi connectivity index (χ1v) is 7.61. The van der Waals surface area contributed by atoms with E-state index in [2.05, 4.69) is 4.74 Å². The molecule has 0 radical (unpaired) electrons. The number of hydrogen-bond donors (Lipinski definition) is 0. The largest absolute Gasteiger partial charge is 0.466 e. The Morgan fingerprint density at radius 2 is 1.75 bits per heavy atom. The van der Waals surface area contributed by atoms with Crippen molar-refractivity contribution < 1.29 is 27.8 Å². The molecule has 0 spiro atoms. The highest BCUT2D eigenvalue weighted by atomic mass is 19.3. The predicted octanol–water partition coefficient (Wildman–Crippen LogP) is 2.94. The molecule has 1 aromatic heterocycles. The van der Waals surface area contributed by atoms with Crippen molar-refractivity contribution in [2.45, 2.75) is 26.2 Å². The number of nitrogens with zero attached hydrogens (tertiary/aromatic N) is 1. The van der Waals surface area contributed by atoms with Crippen LogP contribution in [0.25, 0.3) is 10.9 Å². The van der Waals surface area contributed by atoms with Crippen LogP contribution in [0.3, 0.4) is 0 Å². The van der Waals surface area contributed by atoms with Crippen LogP contribution in [0.5, 0.6) is 0 Å². The quantitative estimate of drug-likeness (QED) is 0.759. The molecule has 0 aliphatic rings. The molecule has 0 unspecified atom stereocenters. The summed E-state index contributed by atoms with van der Waals surface area (Å²) in [5, 5.41) is 0.479. The zero-order valence-corrected chi connectivity index (χ0v) is 13.8. The highest BCUT2D eigenvalue weighted by Gasteiger charge is 2.47. The Hall–Kier alpha value is -2.44. The number of aryl methyl sites for hydroxylation is 1. The average molecular weight is 339 g/mol. The molecule has 7 heteroatoms. The summed E-state index contributed by atoms with van der Waals surface area (Å²) in [7, 11) is 1.43. The number of halogens is 2. The zero-order valence-electron chi connectivity index (χ0n) is 13.8. The van der Waals surface area contributed by atoms with E-state index in [1.807, 2.05) is 0 Å². The highest BCUT2D eigenvalue weighted by Crippen LogP contribution is 2.38. The summed E-state index contributed by atoms with van der Waals surface area (Å²) in [4.78, 5) is 23.6. The van der Waals surface area contributed by atoms with Gasteiger partial charge in [-0.2, -0.15) is 8.78 Å². The van der Waals surface area contributed by atoms with E-state index >= 15 is 0 Å². The van der Waals surface area contributed by atoms with Gasteiger partial charge in [0.1, 0.15) is 5.69 Å². The highest BCUT2D eigenvalue weighted by molar-refractivity contribution is 5.92. The predicted molar refractivity (Wildman–Crippen MR) is 83.8 cm³/mol. The van der Waals surface area contributed by atoms with Gasteiger partial charge in [-0.15, -0.1) is 0 Å². The lowest BCUT2D eigenvalue weighted by Gasteiger charge is -2.18. The summed E-state index contributed by atoms with van der Waals surface area (Å²) < 4.78 is 40.0. The molecule has 0 bridgehead atoms. The van der Waals surface area contributed by atoms with Crippen LogP contribution in [0.15, 0.2) is 24.3 Å². The number of para-hydroxylation sites is 1. The van der Waals surface area contributed by atoms with Crippen molar-refractivity contribution in [3.05, 3.63) is 35.5 Å². The SMILES string of the molecule is CCOC(=O)Cc1c(C(F)(F)C(=O)OCC)n(C)c2ccccc12. The molecule has 1 aromatic carbocycles. The average Bonchev–Trinajstić information content (AvgIpc) is 2.81. The van der Waals surface area contributed by atoms with Crippen molar-refractivity contribution in [2.24, 2.45) is 7.05 Å². The van der Waals surface area contributed by atoms with Gasteiger partial charge < -0.3 is 14.0 Å². The van der Waals surface area contributed by atoms with Gasteiger partial charge in [0.15, 0.2) is 0 Å². The van der Waals surface area contributed by atoms with Gasteiger partial charge in [0.2, 0.25) is 0 Å². The summed E-state index contributed by atoms with van der Waals surface area (Å²) in [5.74, 6) is -6.14. The second kappa shape index (κ2) is 6.98. The number of esters is 2. The van der Waals surface area contributed by atoms with Crippen molar-refractivity contribution >= 4 is 22.8 Å². The lowest BCUT2D eigenvalue weighted by Crippen LogP contribution is -2.32. The molecule has 2 aromatic rings. The number of alkyl halides is 2. The number of benzene rings is 1. The second-order valence-electron chi connectivity index (χ2n) is 5.18. The van der Waals surface area contributed by atoms with E-state index in [1.165, 1.54) is 18.5 Å². The number of aromatic nitrogens is 1. The fourth-order valence-electron chi connectivity index (χ4n) is 2.73. The first-order chi connectivity index (χ1) is 11.3. The van der Waals surface area contributed by atoms with Gasteiger partial charge in [-0.25, -0.2) is 4.79 Å². The molecule has 0 atom stereocenters. The summed E-state index contributed by atoms with van der Waals surface area (Å²) >= 11 is 0. The summed E-state index contributed by atoms with van der Waals surface area (Å²) in [5.41, 5.74) is 0.0237. The zero-order chi connectivity index (χ0) is 17.9. The van der Waals surface area contributed by atoms with Crippen LogP contribution in [0.4, 0.5) is 8.78 Å². The second-order valence-corrected chi connectivity index (χ2v) is 5.18. The molecule has 24 heavy (non-hydrogen) atoms. The van der Waals surface area contributed by atoms with Gasteiger partial charge in [0.05, 0.1) is 19.6 Å². The molecule has 0 saturated heterocycles. The van der Waals surface area contributed by atoms with Crippen molar-refractivity contribution in [1.29, 1.82) is 0 Å². The number of hydrogen-bond acceptors (Lipinski definition) is 4. The minimum atomic E-state index is -3.87. The molecular formula is C17H19F2NO4. The smallest absolute Gasteiger partial charge is 0.383 e. The van der Waals surface area contributed by atoms with Gasteiger partial charge >= 0.3 is 17.9 Å². The van der Waals surface area contributed by atoms with Crippen LogP contribution < -0.4 is 0 Å². The number of fused-ring (bicyclic) bond motifs is 1. The third kappa shape index (κ3) is 3.11. The Balaban J connectivity index is 2.65. The molecule has 0 aliphatic carbocycles. The molecule has 2 rings (SSSR count). The number of rotatable bonds is 6. The Bertz CT molecular complexity index is 767. The van der Waals surface area contributed by atoms with Crippen LogP contribution in [0.2, 0.25) is 0 Å². The Kier molecular flexibility index (Phi) is 5.21. The fourth-order valence-corrected chi connectivity index (χ4v) is 2.73. The molecule has 0 saturated carbocycles. The topological polar surface area (TPSA) is 57.5 Å².